The molecule has 0 unspecified atom stereocenters. The maximum Gasteiger partial charge on any atom is 0.229 e. The summed E-state index contributed by atoms with van der Waals surface area (Å²) < 4.78 is 2.20. The number of carbonyl (C=O) groups excluding carboxylic acids is 2. The molecule has 0 saturated carbocycles. The molecule has 7 heteroatoms. The second-order valence-electron chi connectivity index (χ2n) is 7.31. The second-order valence-corrected chi connectivity index (χ2v) is 7.31. The van der Waals surface area contributed by atoms with Crippen LogP contribution < -0.4 is 5.32 Å². The fourth-order valence-corrected chi connectivity index (χ4v) is 3.93. The van der Waals surface area contributed by atoms with Gasteiger partial charge in [0.05, 0.1) is 5.92 Å². The fourth-order valence-electron chi connectivity index (χ4n) is 3.93. The molecule has 7 nitrogen and oxygen atoms in total. The van der Waals surface area contributed by atoms with Crippen molar-refractivity contribution < 1.29 is 9.59 Å². The molecule has 4 rings (SSSR count). The van der Waals surface area contributed by atoms with Gasteiger partial charge >= 0.3 is 0 Å². The largest absolute Gasteiger partial charge is 0.342 e. The Balaban J connectivity index is 1.51. The van der Waals surface area contributed by atoms with E-state index in [1.807, 2.05) is 31.2 Å². The SMILES string of the molecule is CCN1C[C@H](C(=O)Nc2cccc(-c3nnc4n3CCCCC4)c2)CC1=O. The van der Waals surface area contributed by atoms with E-state index in [-0.39, 0.29) is 24.2 Å². The number of benzene rings is 1. The maximum absolute atomic E-state index is 12.6. The van der Waals surface area contributed by atoms with E-state index in [1.54, 1.807) is 4.90 Å². The monoisotopic (exact) mass is 367 g/mol. The van der Waals surface area contributed by atoms with Gasteiger partial charge in [-0.05, 0) is 31.9 Å². The van der Waals surface area contributed by atoms with Crippen molar-refractivity contribution in [3.63, 3.8) is 0 Å². The van der Waals surface area contributed by atoms with Gasteiger partial charge in [0.25, 0.3) is 0 Å². The van der Waals surface area contributed by atoms with Crippen LogP contribution in [0.2, 0.25) is 0 Å². The van der Waals surface area contributed by atoms with Crippen molar-refractivity contribution in [1.82, 2.24) is 19.7 Å². The highest BCUT2D eigenvalue weighted by Gasteiger charge is 2.33. The van der Waals surface area contributed by atoms with E-state index in [0.717, 1.165) is 48.7 Å². The smallest absolute Gasteiger partial charge is 0.229 e. The predicted octanol–water partition coefficient (Wildman–Crippen LogP) is 2.48. The van der Waals surface area contributed by atoms with Crippen molar-refractivity contribution in [2.45, 2.75) is 45.6 Å². The summed E-state index contributed by atoms with van der Waals surface area (Å²) in [7, 11) is 0. The van der Waals surface area contributed by atoms with E-state index in [9.17, 15) is 9.59 Å². The first-order valence-electron chi connectivity index (χ1n) is 9.77. The fraction of sp³-hybridized carbons (Fsp3) is 0.500. The Morgan fingerprint density at radius 2 is 2.15 bits per heavy atom. The Morgan fingerprint density at radius 1 is 1.26 bits per heavy atom. The number of nitrogens with zero attached hydrogens (tertiary/aromatic N) is 4. The summed E-state index contributed by atoms with van der Waals surface area (Å²) in [6.45, 7) is 4.02. The molecule has 1 N–H and O–H groups in total. The van der Waals surface area contributed by atoms with Gasteiger partial charge in [0.15, 0.2) is 5.82 Å². The number of amides is 2. The topological polar surface area (TPSA) is 80.1 Å². The van der Waals surface area contributed by atoms with Crippen LogP contribution >= 0.6 is 0 Å². The summed E-state index contributed by atoms with van der Waals surface area (Å²) in [6.07, 6.45) is 4.76. The number of aromatic nitrogens is 3. The van der Waals surface area contributed by atoms with Gasteiger partial charge in [-0.3, -0.25) is 9.59 Å². The zero-order chi connectivity index (χ0) is 18.8. The Kier molecular flexibility index (Phi) is 4.92. The lowest BCUT2D eigenvalue weighted by Crippen LogP contribution is -2.28. The molecule has 27 heavy (non-hydrogen) atoms. The number of nitrogens with one attached hydrogen (secondary N) is 1. The molecule has 0 bridgehead atoms. The minimum Gasteiger partial charge on any atom is -0.342 e. The van der Waals surface area contributed by atoms with E-state index in [4.69, 9.17) is 0 Å². The molecular weight excluding hydrogens is 342 g/mol. The highest BCUT2D eigenvalue weighted by molar-refractivity contribution is 5.97. The molecule has 3 heterocycles. The van der Waals surface area contributed by atoms with Gasteiger partial charge in [0.2, 0.25) is 11.8 Å². The predicted molar refractivity (Wildman–Crippen MR) is 102 cm³/mol. The quantitative estimate of drug-likeness (QED) is 0.900. The van der Waals surface area contributed by atoms with Crippen LogP contribution in [0.4, 0.5) is 5.69 Å². The van der Waals surface area contributed by atoms with Crippen LogP contribution in [0.25, 0.3) is 11.4 Å². The van der Waals surface area contributed by atoms with Crippen LogP contribution in [0.1, 0.15) is 38.4 Å². The molecule has 1 fully saturated rings. The number of hydrogen-bond acceptors (Lipinski definition) is 4. The molecule has 1 aromatic heterocycles. The van der Waals surface area contributed by atoms with Gasteiger partial charge in [-0.1, -0.05) is 18.6 Å². The Bertz CT molecular complexity index is 860. The third-order valence-corrected chi connectivity index (χ3v) is 5.46. The minimum absolute atomic E-state index is 0.0533. The first kappa shape index (κ1) is 17.7. The molecule has 1 atom stereocenters. The molecular formula is C20H25N5O2. The Morgan fingerprint density at radius 3 is 2.96 bits per heavy atom. The van der Waals surface area contributed by atoms with Gasteiger partial charge in [-0.25, -0.2) is 0 Å². The maximum atomic E-state index is 12.6. The zero-order valence-corrected chi connectivity index (χ0v) is 15.6. The van der Waals surface area contributed by atoms with E-state index in [2.05, 4.69) is 20.1 Å². The van der Waals surface area contributed by atoms with Gasteiger partial charge in [-0.2, -0.15) is 0 Å². The lowest BCUT2D eigenvalue weighted by molar-refractivity contribution is -0.128. The number of fused-ring (bicyclic) bond motifs is 1. The number of rotatable bonds is 4. The van der Waals surface area contributed by atoms with Crippen LogP contribution in [0.15, 0.2) is 24.3 Å². The lowest BCUT2D eigenvalue weighted by Gasteiger charge is -2.14. The van der Waals surface area contributed by atoms with E-state index >= 15 is 0 Å². The molecule has 0 spiro atoms. The third-order valence-electron chi connectivity index (χ3n) is 5.46. The molecule has 2 aromatic rings. The molecule has 2 amide bonds. The van der Waals surface area contributed by atoms with Crippen LogP contribution in [0, 0.1) is 5.92 Å². The third kappa shape index (κ3) is 3.59. The molecule has 1 aromatic carbocycles. The van der Waals surface area contributed by atoms with Crippen LogP contribution in [0.5, 0.6) is 0 Å². The van der Waals surface area contributed by atoms with Crippen molar-refractivity contribution in [3.05, 3.63) is 30.1 Å². The van der Waals surface area contributed by atoms with Crippen LogP contribution in [-0.4, -0.2) is 44.6 Å². The highest BCUT2D eigenvalue weighted by atomic mass is 16.2. The van der Waals surface area contributed by atoms with Crippen LogP contribution in [-0.2, 0) is 22.6 Å². The molecule has 0 radical (unpaired) electrons. The molecule has 142 valence electrons. The van der Waals surface area contributed by atoms with Crippen molar-refractivity contribution in [1.29, 1.82) is 0 Å². The average molecular weight is 367 g/mol. The van der Waals surface area contributed by atoms with Gasteiger partial charge in [-0.15, -0.1) is 10.2 Å². The summed E-state index contributed by atoms with van der Waals surface area (Å²) >= 11 is 0. The van der Waals surface area contributed by atoms with Crippen molar-refractivity contribution in [2.24, 2.45) is 5.92 Å². The molecule has 2 aliphatic rings. The minimum atomic E-state index is -0.287. The molecule has 1 saturated heterocycles. The highest BCUT2D eigenvalue weighted by Crippen LogP contribution is 2.26. The summed E-state index contributed by atoms with van der Waals surface area (Å²) in [4.78, 5) is 26.2. The molecule has 0 aliphatic carbocycles. The number of likely N-dealkylation sites (tertiary alicyclic amines) is 1. The van der Waals surface area contributed by atoms with Gasteiger partial charge in [0.1, 0.15) is 5.82 Å². The first-order chi connectivity index (χ1) is 13.2. The number of anilines is 1. The van der Waals surface area contributed by atoms with E-state index in [0.29, 0.717) is 13.1 Å². The second kappa shape index (κ2) is 7.50. The zero-order valence-electron chi connectivity index (χ0n) is 15.6. The molecule has 2 aliphatic heterocycles. The summed E-state index contributed by atoms with van der Waals surface area (Å²) in [5, 5.41) is 11.7. The average Bonchev–Trinajstić information content (AvgIpc) is 3.17. The summed E-state index contributed by atoms with van der Waals surface area (Å²) in [6, 6.07) is 7.72. The number of aryl methyl sites for hydroxylation is 1. The van der Waals surface area contributed by atoms with Gasteiger partial charge < -0.3 is 14.8 Å². The Labute approximate surface area is 158 Å². The van der Waals surface area contributed by atoms with Crippen molar-refractivity contribution in [3.8, 4) is 11.4 Å². The summed E-state index contributed by atoms with van der Waals surface area (Å²) in [5.74, 6) is 1.57. The first-order valence-corrected chi connectivity index (χ1v) is 9.77. The lowest BCUT2D eigenvalue weighted by atomic mass is 10.1. The number of carbonyl (C=O) groups is 2. The number of hydrogen-bond donors (Lipinski definition) is 1. The Hall–Kier alpha value is -2.70. The van der Waals surface area contributed by atoms with E-state index < -0.39 is 0 Å². The van der Waals surface area contributed by atoms with Crippen LogP contribution in [0.3, 0.4) is 0 Å². The standard InChI is InChI=1S/C20H25N5O2/c1-2-24-13-15(12-18(24)26)20(27)21-16-8-6-7-14(11-16)19-23-22-17-9-4-3-5-10-25(17)19/h6-8,11,15H,2-5,9-10,12-13H2,1H3,(H,21,27)/t15-/m1/s1. The van der Waals surface area contributed by atoms with E-state index in [1.165, 1.54) is 6.42 Å². The summed E-state index contributed by atoms with van der Waals surface area (Å²) in [5.41, 5.74) is 1.68. The normalized spacial score (nSPS) is 19.7. The van der Waals surface area contributed by atoms with Gasteiger partial charge in [0, 0.05) is 43.7 Å². The van der Waals surface area contributed by atoms with Crippen molar-refractivity contribution in [2.75, 3.05) is 18.4 Å². The van der Waals surface area contributed by atoms with Crippen molar-refractivity contribution >= 4 is 17.5 Å².